The Morgan fingerprint density at radius 1 is 1.45 bits per heavy atom. The maximum Gasteiger partial charge on any atom is 0.247 e. The molecule has 0 aliphatic rings. The summed E-state index contributed by atoms with van der Waals surface area (Å²) in [5.41, 5.74) is 2.63. The molecule has 0 fully saturated rings. The highest BCUT2D eigenvalue weighted by molar-refractivity contribution is 6.28. The molecule has 4 nitrogen and oxygen atoms in total. The number of anilines is 1. The van der Waals surface area contributed by atoms with Crippen molar-refractivity contribution >= 4 is 35.1 Å². The third-order valence-electron chi connectivity index (χ3n) is 2.99. The van der Waals surface area contributed by atoms with Gasteiger partial charge in [0.2, 0.25) is 5.91 Å². The molecule has 0 bridgehead atoms. The summed E-state index contributed by atoms with van der Waals surface area (Å²) in [7, 11) is 1.85. The first-order valence-electron chi connectivity index (χ1n) is 7.18. The molecule has 0 spiro atoms. The van der Waals surface area contributed by atoms with Gasteiger partial charge in [-0.25, -0.2) is 0 Å². The van der Waals surface area contributed by atoms with Gasteiger partial charge in [0, 0.05) is 19.0 Å². The van der Waals surface area contributed by atoms with Gasteiger partial charge < -0.3 is 10.6 Å². The van der Waals surface area contributed by atoms with E-state index in [9.17, 15) is 4.79 Å². The number of para-hydroxylation sites is 2. The van der Waals surface area contributed by atoms with Crippen molar-refractivity contribution in [2.45, 2.75) is 25.1 Å². The average molecular weight is 320 g/mol. The van der Waals surface area contributed by atoms with Gasteiger partial charge in [0.25, 0.3) is 0 Å². The summed E-state index contributed by atoms with van der Waals surface area (Å²) in [6.07, 6.45) is 6.18. The lowest BCUT2D eigenvalue weighted by molar-refractivity contribution is -0.115. The van der Waals surface area contributed by atoms with E-state index in [4.69, 9.17) is 11.6 Å². The van der Waals surface area contributed by atoms with Gasteiger partial charge in [-0.2, -0.15) is 0 Å². The Morgan fingerprint density at radius 2 is 2.18 bits per heavy atom. The fraction of sp³-hybridized carbons (Fsp3) is 0.294. The molecular formula is C17H22ClN3O. The minimum atomic E-state index is -0.243. The first kappa shape index (κ1) is 18.0. The predicted molar refractivity (Wildman–Crippen MR) is 95.1 cm³/mol. The van der Waals surface area contributed by atoms with Crippen LogP contribution in [-0.4, -0.2) is 24.5 Å². The van der Waals surface area contributed by atoms with Gasteiger partial charge in [0.15, 0.2) is 0 Å². The largest absolute Gasteiger partial charge is 0.386 e. The highest BCUT2D eigenvalue weighted by atomic mass is 35.5. The first-order valence-corrected chi connectivity index (χ1v) is 7.61. The Hall–Kier alpha value is -2.07. The van der Waals surface area contributed by atoms with Crippen molar-refractivity contribution in [3.8, 4) is 0 Å². The molecule has 0 aliphatic heterocycles. The molecule has 1 unspecified atom stereocenters. The summed E-state index contributed by atoms with van der Waals surface area (Å²) in [5.74, 6) is -0.212. The zero-order chi connectivity index (χ0) is 16.4. The number of carbonyl (C=O) groups excluding carboxylic acids is 1. The second-order valence-corrected chi connectivity index (χ2v) is 5.13. The number of halogens is 1. The van der Waals surface area contributed by atoms with Crippen LogP contribution in [0.4, 0.5) is 11.4 Å². The van der Waals surface area contributed by atoms with Gasteiger partial charge >= 0.3 is 0 Å². The quantitative estimate of drug-likeness (QED) is 0.432. The monoisotopic (exact) mass is 319 g/mol. The molecule has 22 heavy (non-hydrogen) atoms. The fourth-order valence-corrected chi connectivity index (χ4v) is 1.91. The topological polar surface area (TPSA) is 53.5 Å². The minimum Gasteiger partial charge on any atom is -0.386 e. The van der Waals surface area contributed by atoms with Crippen LogP contribution in [0.25, 0.3) is 0 Å². The number of allylic oxidation sites excluding steroid dienone is 2. The van der Waals surface area contributed by atoms with Crippen molar-refractivity contribution < 1.29 is 4.79 Å². The molecule has 0 heterocycles. The number of benzene rings is 1. The first-order chi connectivity index (χ1) is 10.6. The smallest absolute Gasteiger partial charge is 0.247 e. The lowest BCUT2D eigenvalue weighted by atomic mass is 10.2. The van der Waals surface area contributed by atoms with Crippen LogP contribution in [0, 0.1) is 0 Å². The Bertz CT molecular complexity index is 567. The number of amides is 1. The van der Waals surface area contributed by atoms with E-state index in [1.54, 1.807) is 6.21 Å². The van der Waals surface area contributed by atoms with E-state index in [0.717, 1.165) is 23.5 Å². The van der Waals surface area contributed by atoms with Crippen molar-refractivity contribution in [1.82, 2.24) is 5.32 Å². The molecule has 0 saturated heterocycles. The van der Waals surface area contributed by atoms with Crippen molar-refractivity contribution in [1.29, 1.82) is 0 Å². The maximum absolute atomic E-state index is 11.3. The fourth-order valence-electron chi connectivity index (χ4n) is 1.77. The van der Waals surface area contributed by atoms with Crippen molar-refractivity contribution in [2.24, 2.45) is 4.99 Å². The molecular weight excluding hydrogens is 298 g/mol. The molecule has 1 aromatic carbocycles. The Balaban J connectivity index is 2.64. The number of nitrogens with zero attached hydrogens (tertiary/aromatic N) is 1. The van der Waals surface area contributed by atoms with Crippen LogP contribution < -0.4 is 10.6 Å². The Labute approximate surface area is 137 Å². The highest BCUT2D eigenvalue weighted by Gasteiger charge is 2.03. The van der Waals surface area contributed by atoms with E-state index in [2.05, 4.69) is 22.2 Å². The Kier molecular flexibility index (Phi) is 8.00. The number of aliphatic imine (C=N–C) groups is 1. The van der Waals surface area contributed by atoms with Crippen LogP contribution in [0.15, 0.2) is 53.7 Å². The number of alkyl halides is 1. The van der Waals surface area contributed by atoms with Gasteiger partial charge in [-0.05, 0) is 31.1 Å². The zero-order valence-electron chi connectivity index (χ0n) is 13.0. The molecule has 0 aliphatic carbocycles. The lowest BCUT2D eigenvalue weighted by Gasteiger charge is -2.07. The van der Waals surface area contributed by atoms with E-state index in [1.807, 2.05) is 44.3 Å². The van der Waals surface area contributed by atoms with Crippen LogP contribution in [0.3, 0.4) is 0 Å². The molecule has 1 amide bonds. The van der Waals surface area contributed by atoms with Gasteiger partial charge in [0.05, 0.1) is 16.8 Å². The third kappa shape index (κ3) is 6.14. The summed E-state index contributed by atoms with van der Waals surface area (Å²) in [6.45, 7) is 5.40. The minimum absolute atomic E-state index is 0.212. The van der Waals surface area contributed by atoms with Crippen molar-refractivity contribution in [3.63, 3.8) is 0 Å². The van der Waals surface area contributed by atoms with Crippen LogP contribution in [0.5, 0.6) is 0 Å². The molecule has 1 rings (SSSR count). The standard InChI is InChI=1S/C17H22ClN3O/c1-4-14(21-17(22)5-2)11-10-13(18)12-20-16-9-7-6-8-15(16)19-3/h5-9,11-13,19H,2,4,10H2,1,3H3,(H,21,22)/b14-11+,20-12-. The molecule has 118 valence electrons. The molecule has 0 aromatic heterocycles. The summed E-state index contributed by atoms with van der Waals surface area (Å²) in [5, 5.41) is 5.59. The zero-order valence-corrected chi connectivity index (χ0v) is 13.7. The van der Waals surface area contributed by atoms with Gasteiger partial charge in [0.1, 0.15) is 0 Å². The number of nitrogens with one attached hydrogen (secondary N) is 2. The second kappa shape index (κ2) is 9.79. The molecule has 2 N–H and O–H groups in total. The van der Waals surface area contributed by atoms with Crippen molar-refractivity contribution in [3.05, 3.63) is 48.7 Å². The van der Waals surface area contributed by atoms with Gasteiger partial charge in [-0.15, -0.1) is 11.6 Å². The summed E-state index contributed by atoms with van der Waals surface area (Å²) in [6, 6.07) is 7.75. The number of carbonyl (C=O) groups is 1. The molecule has 0 saturated carbocycles. The van der Waals surface area contributed by atoms with E-state index >= 15 is 0 Å². The summed E-state index contributed by atoms with van der Waals surface area (Å²) < 4.78 is 0. The predicted octanol–water partition coefficient (Wildman–Crippen LogP) is 4.02. The van der Waals surface area contributed by atoms with Crippen LogP contribution in [0.2, 0.25) is 0 Å². The number of hydrogen-bond donors (Lipinski definition) is 2. The normalized spacial score (nSPS) is 13.0. The van der Waals surface area contributed by atoms with Gasteiger partial charge in [-0.3, -0.25) is 9.79 Å². The Morgan fingerprint density at radius 3 is 2.82 bits per heavy atom. The third-order valence-corrected chi connectivity index (χ3v) is 3.28. The van der Waals surface area contributed by atoms with Crippen LogP contribution >= 0.6 is 11.6 Å². The van der Waals surface area contributed by atoms with E-state index < -0.39 is 0 Å². The molecule has 1 aromatic rings. The summed E-state index contributed by atoms with van der Waals surface area (Å²) in [4.78, 5) is 15.7. The summed E-state index contributed by atoms with van der Waals surface area (Å²) >= 11 is 6.25. The van der Waals surface area contributed by atoms with Crippen molar-refractivity contribution in [2.75, 3.05) is 12.4 Å². The lowest BCUT2D eigenvalue weighted by Crippen LogP contribution is -2.20. The van der Waals surface area contributed by atoms with E-state index in [-0.39, 0.29) is 11.3 Å². The maximum atomic E-state index is 11.3. The van der Waals surface area contributed by atoms with E-state index in [0.29, 0.717) is 6.42 Å². The molecule has 5 heteroatoms. The van der Waals surface area contributed by atoms with Crippen LogP contribution in [-0.2, 0) is 4.79 Å². The highest BCUT2D eigenvalue weighted by Crippen LogP contribution is 2.23. The number of hydrogen-bond acceptors (Lipinski definition) is 3. The number of rotatable bonds is 8. The second-order valence-electron chi connectivity index (χ2n) is 4.57. The SMILES string of the molecule is C=CC(=O)N/C(=C/CC(Cl)/C=N\c1ccccc1NC)CC. The average Bonchev–Trinajstić information content (AvgIpc) is 2.56. The molecule has 0 radical (unpaired) electrons. The van der Waals surface area contributed by atoms with E-state index in [1.165, 1.54) is 6.08 Å². The van der Waals surface area contributed by atoms with Gasteiger partial charge in [-0.1, -0.05) is 31.7 Å². The molecule has 1 atom stereocenters. The van der Waals surface area contributed by atoms with Crippen LogP contribution in [0.1, 0.15) is 19.8 Å².